The van der Waals surface area contributed by atoms with E-state index in [9.17, 15) is 0 Å². The van der Waals surface area contributed by atoms with Gasteiger partial charge in [-0.05, 0) is 41.0 Å². The van der Waals surface area contributed by atoms with E-state index in [1.165, 1.54) is 19.3 Å². The molecule has 3 radical (unpaired) electrons. The molecule has 0 amide bonds. The summed E-state index contributed by atoms with van der Waals surface area (Å²) in [5.74, 6) is 1.65. The zero-order valence-electron chi connectivity index (χ0n) is 11.4. The van der Waals surface area contributed by atoms with Crippen LogP contribution in [0.2, 0.25) is 5.54 Å². The Morgan fingerprint density at radius 3 is 1.40 bits per heavy atom. The lowest BCUT2D eigenvalue weighted by Gasteiger charge is -2.48. The van der Waals surface area contributed by atoms with E-state index in [0.29, 0.717) is 16.4 Å². The van der Waals surface area contributed by atoms with Crippen LogP contribution in [0.1, 0.15) is 60.8 Å². The van der Waals surface area contributed by atoms with E-state index in [1.807, 2.05) is 0 Å². The normalized spacial score (nSPS) is 34.2. The first-order chi connectivity index (χ1) is 6.64. The minimum Gasteiger partial charge on any atom is -0.0599 e. The average Bonchev–Trinajstić information content (AvgIpc) is 1.99. The largest absolute Gasteiger partial charge is 0.0599 e. The van der Waals surface area contributed by atoms with E-state index in [2.05, 4.69) is 51.8 Å². The fraction of sp³-hybridized carbons (Fsp3) is 1.00. The molecule has 0 aromatic rings. The smallest absolute Gasteiger partial charge is 0.0274 e. The van der Waals surface area contributed by atoms with E-state index >= 15 is 0 Å². The molecule has 1 saturated carbocycles. The molecule has 0 heterocycles. The zero-order chi connectivity index (χ0) is 11.9. The molecular weight excluding hydrogens is 196 g/mol. The van der Waals surface area contributed by atoms with Gasteiger partial charge < -0.3 is 0 Å². The van der Waals surface area contributed by atoms with Crippen molar-refractivity contribution < 1.29 is 0 Å². The van der Waals surface area contributed by atoms with Gasteiger partial charge in [-0.25, -0.2) is 0 Å². The maximum Gasteiger partial charge on any atom is 0.0274 e. The molecule has 87 valence electrons. The van der Waals surface area contributed by atoms with Gasteiger partial charge in [-0.3, -0.25) is 0 Å². The van der Waals surface area contributed by atoms with Crippen LogP contribution >= 0.6 is 0 Å². The summed E-state index contributed by atoms with van der Waals surface area (Å²) < 4.78 is 0. The molecule has 0 saturated heterocycles. The highest BCUT2D eigenvalue weighted by molar-refractivity contribution is 6.12. The second-order valence-electron chi connectivity index (χ2n) is 7.40. The van der Waals surface area contributed by atoms with Crippen LogP contribution in [0.25, 0.3) is 0 Å². The second kappa shape index (κ2) is 4.23. The van der Waals surface area contributed by atoms with Gasteiger partial charge in [0.1, 0.15) is 0 Å². The molecule has 2 atom stereocenters. The van der Waals surface area contributed by atoms with Gasteiger partial charge >= 0.3 is 0 Å². The fourth-order valence-corrected chi connectivity index (χ4v) is 4.47. The van der Waals surface area contributed by atoms with Crippen LogP contribution in [-0.2, 0) is 0 Å². The molecule has 0 bridgehead atoms. The molecule has 0 spiro atoms. The van der Waals surface area contributed by atoms with Crippen molar-refractivity contribution in [3.05, 3.63) is 0 Å². The molecule has 0 aromatic carbocycles. The monoisotopic (exact) mass is 223 g/mol. The molecule has 0 aromatic heterocycles. The number of rotatable bonds is 0. The summed E-state index contributed by atoms with van der Waals surface area (Å²) in [6, 6.07) is 0. The number of hydrogen-bond donors (Lipinski definition) is 0. The van der Waals surface area contributed by atoms with Crippen LogP contribution in [0.15, 0.2) is 0 Å². The summed E-state index contributed by atoms with van der Waals surface area (Å²) in [6.07, 6.45) is 4.19. The Labute approximate surface area is 99.6 Å². The van der Waals surface area contributed by atoms with Crippen LogP contribution in [0, 0.1) is 22.7 Å². The Morgan fingerprint density at radius 1 is 0.800 bits per heavy atom. The lowest BCUT2D eigenvalue weighted by atomic mass is 9.63. The highest BCUT2D eigenvalue weighted by atomic mass is 28.1. The Balaban J connectivity index is 2.81. The average molecular weight is 223 g/mol. The summed E-state index contributed by atoms with van der Waals surface area (Å²) in [5.41, 5.74) is 1.57. The maximum atomic E-state index is 4.05. The van der Waals surface area contributed by atoms with Crippen molar-refractivity contribution in [1.82, 2.24) is 0 Å². The second-order valence-corrected chi connectivity index (χ2v) is 8.07. The first-order valence-electron chi connectivity index (χ1n) is 6.35. The van der Waals surface area contributed by atoms with E-state index in [-0.39, 0.29) is 0 Å². The molecule has 1 aliphatic carbocycles. The molecule has 1 heteroatoms. The van der Waals surface area contributed by atoms with Gasteiger partial charge in [-0.15, -0.1) is 0 Å². The zero-order valence-corrected chi connectivity index (χ0v) is 12.4. The van der Waals surface area contributed by atoms with Crippen molar-refractivity contribution in [2.45, 2.75) is 66.3 Å². The quantitative estimate of drug-likeness (QED) is 0.532. The van der Waals surface area contributed by atoms with Crippen molar-refractivity contribution in [3.63, 3.8) is 0 Å². The van der Waals surface area contributed by atoms with Gasteiger partial charge in [0, 0.05) is 10.2 Å². The van der Waals surface area contributed by atoms with Gasteiger partial charge in [0.15, 0.2) is 0 Å². The lowest BCUT2D eigenvalue weighted by molar-refractivity contribution is 0.0846. The Kier molecular flexibility index (Phi) is 3.75. The SMILES string of the molecule is CC(C)(C)C1CCCC(C(C)(C)C)C1[Si]. The summed E-state index contributed by atoms with van der Waals surface area (Å²) in [6.45, 7) is 14.3. The highest BCUT2D eigenvalue weighted by Crippen LogP contribution is 2.51. The van der Waals surface area contributed by atoms with Gasteiger partial charge in [0.25, 0.3) is 0 Å². The van der Waals surface area contributed by atoms with Crippen molar-refractivity contribution in [1.29, 1.82) is 0 Å². The lowest BCUT2D eigenvalue weighted by Crippen LogP contribution is -2.38. The van der Waals surface area contributed by atoms with E-state index in [1.54, 1.807) is 0 Å². The fourth-order valence-electron chi connectivity index (χ4n) is 3.14. The molecular formula is C14H27Si. The van der Waals surface area contributed by atoms with Gasteiger partial charge in [-0.2, -0.15) is 0 Å². The minimum atomic E-state index is 0.441. The van der Waals surface area contributed by atoms with E-state index in [4.69, 9.17) is 0 Å². The standard InChI is InChI=1S/C14H27Si/c1-13(2,3)10-8-7-9-11(12(10)15)14(4,5)6/h10-12H,7-9H2,1-6H3. The predicted octanol–water partition coefficient (Wildman–Crippen LogP) is 4.45. The van der Waals surface area contributed by atoms with Crippen molar-refractivity contribution in [2.24, 2.45) is 22.7 Å². The van der Waals surface area contributed by atoms with Crippen LogP contribution in [0.4, 0.5) is 0 Å². The first-order valence-corrected chi connectivity index (χ1v) is 6.93. The van der Waals surface area contributed by atoms with Crippen LogP contribution < -0.4 is 0 Å². The van der Waals surface area contributed by atoms with Gasteiger partial charge in [0.05, 0.1) is 0 Å². The minimum absolute atomic E-state index is 0.441. The number of hydrogen-bond acceptors (Lipinski definition) is 0. The Morgan fingerprint density at radius 2 is 1.13 bits per heavy atom. The van der Waals surface area contributed by atoms with Gasteiger partial charge in [-0.1, -0.05) is 48.0 Å². The van der Waals surface area contributed by atoms with Gasteiger partial charge in [0.2, 0.25) is 0 Å². The Hall–Kier alpha value is 0.217. The van der Waals surface area contributed by atoms with Crippen molar-refractivity contribution >= 4 is 10.2 Å². The molecule has 0 N–H and O–H groups in total. The van der Waals surface area contributed by atoms with Crippen molar-refractivity contribution in [2.75, 3.05) is 0 Å². The molecule has 1 rings (SSSR count). The summed E-state index contributed by atoms with van der Waals surface area (Å²) in [4.78, 5) is 0. The predicted molar refractivity (Wildman–Crippen MR) is 69.2 cm³/mol. The van der Waals surface area contributed by atoms with Crippen LogP contribution in [0.3, 0.4) is 0 Å². The summed E-state index contributed by atoms with van der Waals surface area (Å²) in [5, 5.41) is 0. The topological polar surface area (TPSA) is 0 Å². The third-order valence-electron chi connectivity index (χ3n) is 4.12. The molecule has 1 fully saturated rings. The molecule has 0 aliphatic heterocycles. The summed E-state index contributed by atoms with van der Waals surface area (Å²) in [7, 11) is 4.05. The van der Waals surface area contributed by atoms with E-state index in [0.717, 1.165) is 11.8 Å². The van der Waals surface area contributed by atoms with E-state index < -0.39 is 0 Å². The third-order valence-corrected chi connectivity index (χ3v) is 4.93. The first kappa shape index (κ1) is 13.3. The maximum absolute atomic E-state index is 4.05. The van der Waals surface area contributed by atoms with Crippen LogP contribution in [0.5, 0.6) is 0 Å². The third kappa shape index (κ3) is 3.09. The van der Waals surface area contributed by atoms with Crippen molar-refractivity contribution in [3.8, 4) is 0 Å². The molecule has 1 aliphatic rings. The Bertz CT molecular complexity index is 184. The molecule has 0 nitrogen and oxygen atoms in total. The summed E-state index contributed by atoms with van der Waals surface area (Å²) >= 11 is 0. The highest BCUT2D eigenvalue weighted by Gasteiger charge is 2.40. The molecule has 15 heavy (non-hydrogen) atoms. The van der Waals surface area contributed by atoms with Crippen LogP contribution in [-0.4, -0.2) is 10.2 Å². The molecule has 2 unspecified atom stereocenters.